The predicted octanol–water partition coefficient (Wildman–Crippen LogP) is 3.59. The lowest BCUT2D eigenvalue weighted by atomic mass is 10.1. The normalized spacial score (nSPS) is 14.2. The summed E-state index contributed by atoms with van der Waals surface area (Å²) in [4.78, 5) is 27.9. The molecule has 0 aromatic heterocycles. The largest absolute Gasteiger partial charge is 0.493 e. The van der Waals surface area contributed by atoms with Crippen molar-refractivity contribution < 1.29 is 33.3 Å². The maximum absolute atomic E-state index is 12.3. The van der Waals surface area contributed by atoms with Gasteiger partial charge in [0.2, 0.25) is 5.90 Å². The molecule has 156 valence electrons. The number of carbonyl (C=O) groups excluding carboxylic acids is 2. The lowest BCUT2D eigenvalue weighted by molar-refractivity contribution is -0.132. The first-order chi connectivity index (χ1) is 14.4. The molecule has 0 saturated heterocycles. The van der Waals surface area contributed by atoms with Crippen molar-refractivity contribution in [3.63, 3.8) is 0 Å². The molecule has 0 spiro atoms. The number of hydrogen-bond donors (Lipinski definition) is 0. The molecule has 2 aromatic rings. The van der Waals surface area contributed by atoms with Crippen molar-refractivity contribution in [2.75, 3.05) is 21.3 Å². The van der Waals surface area contributed by atoms with Gasteiger partial charge in [-0.15, -0.1) is 0 Å². The molecule has 0 aliphatic carbocycles. The summed E-state index contributed by atoms with van der Waals surface area (Å²) < 4.78 is 26.9. The Morgan fingerprint density at radius 2 is 1.73 bits per heavy atom. The van der Waals surface area contributed by atoms with E-state index in [1.807, 2.05) is 22.6 Å². The Balaban J connectivity index is 1.96. The molecule has 0 bridgehead atoms. The van der Waals surface area contributed by atoms with E-state index in [0.29, 0.717) is 37.7 Å². The number of benzene rings is 2. The van der Waals surface area contributed by atoms with E-state index in [2.05, 4.69) is 4.99 Å². The summed E-state index contributed by atoms with van der Waals surface area (Å²) in [5.41, 5.74) is 1.33. The van der Waals surface area contributed by atoms with Crippen molar-refractivity contribution in [2.45, 2.75) is 6.92 Å². The molecule has 0 amide bonds. The number of esters is 2. The Morgan fingerprint density at radius 1 is 1.03 bits per heavy atom. The molecule has 1 aliphatic rings. The standard InChI is InChI=1S/C21H18INO7/c1-11(24)29-19-14(22)7-12(9-18(19)28-4)8-15-21(25)30-20(23-15)13-5-6-16(26-2)17(10-13)27-3/h5-10H,1-4H3. The van der Waals surface area contributed by atoms with E-state index in [-0.39, 0.29) is 11.6 Å². The van der Waals surface area contributed by atoms with Gasteiger partial charge in [-0.2, -0.15) is 0 Å². The summed E-state index contributed by atoms with van der Waals surface area (Å²) in [5, 5.41) is 0. The molecule has 1 heterocycles. The second kappa shape index (κ2) is 9.16. The molecule has 0 fully saturated rings. The average Bonchev–Trinajstić information content (AvgIpc) is 3.09. The summed E-state index contributed by atoms with van der Waals surface area (Å²) in [6, 6.07) is 8.48. The molecule has 9 heteroatoms. The molecule has 0 atom stereocenters. The first-order valence-corrected chi connectivity index (χ1v) is 9.75. The van der Waals surface area contributed by atoms with Crippen molar-refractivity contribution in [1.82, 2.24) is 0 Å². The van der Waals surface area contributed by atoms with Crippen LogP contribution in [0.3, 0.4) is 0 Å². The van der Waals surface area contributed by atoms with Gasteiger partial charge in [0.25, 0.3) is 0 Å². The summed E-state index contributed by atoms with van der Waals surface area (Å²) in [6.45, 7) is 1.31. The van der Waals surface area contributed by atoms with Crippen LogP contribution in [0.1, 0.15) is 18.1 Å². The van der Waals surface area contributed by atoms with Crippen LogP contribution in [0.15, 0.2) is 41.0 Å². The molecule has 30 heavy (non-hydrogen) atoms. The van der Waals surface area contributed by atoms with Crippen LogP contribution < -0.4 is 18.9 Å². The predicted molar refractivity (Wildman–Crippen MR) is 117 cm³/mol. The number of nitrogens with zero attached hydrogens (tertiary/aromatic N) is 1. The Kier molecular flexibility index (Phi) is 6.60. The minimum atomic E-state index is -0.585. The molecule has 0 N–H and O–H groups in total. The number of carbonyl (C=O) groups is 2. The van der Waals surface area contributed by atoms with E-state index in [1.165, 1.54) is 28.3 Å². The van der Waals surface area contributed by atoms with E-state index in [0.717, 1.165) is 0 Å². The monoisotopic (exact) mass is 523 g/mol. The molecule has 1 aliphatic heterocycles. The third-order valence-corrected chi connectivity index (χ3v) is 4.85. The highest BCUT2D eigenvalue weighted by atomic mass is 127. The first-order valence-electron chi connectivity index (χ1n) is 8.67. The van der Waals surface area contributed by atoms with E-state index < -0.39 is 11.9 Å². The Hall–Kier alpha value is -3.08. The first kappa shape index (κ1) is 21.6. The number of cyclic esters (lactones) is 1. The number of hydrogen-bond acceptors (Lipinski definition) is 8. The number of halogens is 1. The molecule has 0 unspecified atom stereocenters. The SMILES string of the molecule is COc1ccc(C2=NC(=Cc3cc(I)c(OC(C)=O)c(OC)c3)C(=O)O2)cc1OC. The third kappa shape index (κ3) is 4.56. The van der Waals surface area contributed by atoms with Gasteiger partial charge in [0.1, 0.15) is 0 Å². The quantitative estimate of drug-likeness (QED) is 0.247. The molecule has 0 radical (unpaired) electrons. The molecule has 0 saturated carbocycles. The smallest absolute Gasteiger partial charge is 0.363 e. The van der Waals surface area contributed by atoms with Gasteiger partial charge in [-0.3, -0.25) is 4.79 Å². The van der Waals surface area contributed by atoms with Crippen LogP contribution in [-0.2, 0) is 14.3 Å². The van der Waals surface area contributed by atoms with E-state index in [9.17, 15) is 9.59 Å². The van der Waals surface area contributed by atoms with Gasteiger partial charge in [-0.25, -0.2) is 9.79 Å². The van der Waals surface area contributed by atoms with E-state index in [1.54, 1.807) is 36.4 Å². The lowest BCUT2D eigenvalue weighted by Gasteiger charge is -2.11. The van der Waals surface area contributed by atoms with Gasteiger partial charge in [-0.1, -0.05) is 0 Å². The maximum Gasteiger partial charge on any atom is 0.363 e. The zero-order chi connectivity index (χ0) is 21.8. The highest BCUT2D eigenvalue weighted by Crippen LogP contribution is 2.35. The summed E-state index contributed by atoms with van der Waals surface area (Å²) >= 11 is 2.02. The average molecular weight is 523 g/mol. The van der Waals surface area contributed by atoms with Crippen molar-refractivity contribution in [3.8, 4) is 23.0 Å². The fraction of sp³-hybridized carbons (Fsp3) is 0.190. The summed E-state index contributed by atoms with van der Waals surface area (Å²) in [7, 11) is 4.52. The van der Waals surface area contributed by atoms with Gasteiger partial charge in [0.15, 0.2) is 28.7 Å². The number of ether oxygens (including phenoxy) is 5. The minimum Gasteiger partial charge on any atom is -0.493 e. The molecule has 3 rings (SSSR count). The zero-order valence-electron chi connectivity index (χ0n) is 16.6. The van der Waals surface area contributed by atoms with Crippen LogP contribution >= 0.6 is 22.6 Å². The van der Waals surface area contributed by atoms with Crippen molar-refractivity contribution in [1.29, 1.82) is 0 Å². The second-order valence-corrected chi connectivity index (χ2v) is 7.20. The highest BCUT2D eigenvalue weighted by Gasteiger charge is 2.25. The number of aliphatic imine (C=N–C) groups is 1. The van der Waals surface area contributed by atoms with Crippen molar-refractivity contribution in [3.05, 3.63) is 50.7 Å². The number of rotatable bonds is 6. The van der Waals surface area contributed by atoms with Gasteiger partial charge in [0.05, 0.1) is 24.9 Å². The summed E-state index contributed by atoms with van der Waals surface area (Å²) in [6.07, 6.45) is 1.57. The van der Waals surface area contributed by atoms with Crippen molar-refractivity contribution >= 4 is 46.5 Å². The lowest BCUT2D eigenvalue weighted by Crippen LogP contribution is -2.06. The second-order valence-electron chi connectivity index (χ2n) is 6.03. The molecular formula is C21H18INO7. The fourth-order valence-corrected chi connectivity index (χ4v) is 3.46. The zero-order valence-corrected chi connectivity index (χ0v) is 18.8. The van der Waals surface area contributed by atoms with Crippen LogP contribution in [0.5, 0.6) is 23.0 Å². The van der Waals surface area contributed by atoms with Crippen LogP contribution in [0.2, 0.25) is 0 Å². The maximum atomic E-state index is 12.3. The highest BCUT2D eigenvalue weighted by molar-refractivity contribution is 14.1. The van der Waals surface area contributed by atoms with Gasteiger partial charge in [0, 0.05) is 12.5 Å². The van der Waals surface area contributed by atoms with Gasteiger partial charge >= 0.3 is 11.9 Å². The summed E-state index contributed by atoms with van der Waals surface area (Å²) in [5.74, 6) is 0.836. The molecule has 8 nitrogen and oxygen atoms in total. The van der Waals surface area contributed by atoms with Crippen LogP contribution in [0.25, 0.3) is 6.08 Å². The topological polar surface area (TPSA) is 92.7 Å². The van der Waals surface area contributed by atoms with E-state index >= 15 is 0 Å². The Labute approximate surface area is 186 Å². The van der Waals surface area contributed by atoms with Gasteiger partial charge in [-0.05, 0) is 64.6 Å². The Morgan fingerprint density at radius 3 is 2.37 bits per heavy atom. The number of methoxy groups -OCH3 is 3. The van der Waals surface area contributed by atoms with Crippen LogP contribution in [0.4, 0.5) is 0 Å². The van der Waals surface area contributed by atoms with Crippen LogP contribution in [0, 0.1) is 3.57 Å². The minimum absolute atomic E-state index is 0.123. The molecular weight excluding hydrogens is 505 g/mol. The van der Waals surface area contributed by atoms with Crippen LogP contribution in [-0.4, -0.2) is 39.2 Å². The molecule has 2 aromatic carbocycles. The third-order valence-electron chi connectivity index (χ3n) is 4.05. The van der Waals surface area contributed by atoms with E-state index in [4.69, 9.17) is 23.7 Å². The fourth-order valence-electron chi connectivity index (χ4n) is 2.73. The van der Waals surface area contributed by atoms with Crippen molar-refractivity contribution in [2.24, 2.45) is 4.99 Å². The van der Waals surface area contributed by atoms with Gasteiger partial charge < -0.3 is 23.7 Å². The Bertz CT molecular complexity index is 1080.